The number of hydrogen-bond acceptors (Lipinski definition) is 4. The lowest BCUT2D eigenvalue weighted by molar-refractivity contribution is 0.407. The monoisotopic (exact) mass is 482 g/mol. The number of halogens is 1. The molecule has 1 saturated heterocycles. The van der Waals surface area contributed by atoms with Crippen LogP contribution in [0.3, 0.4) is 0 Å². The summed E-state index contributed by atoms with van der Waals surface area (Å²) in [5.74, 6) is 2.60. The number of aliphatic imine (C=N–C) groups is 1. The Morgan fingerprint density at radius 2 is 1.85 bits per heavy atom. The molecule has 0 radical (unpaired) electrons. The minimum Gasteiger partial charge on any atom is -0.497 e. The van der Waals surface area contributed by atoms with Gasteiger partial charge in [0.15, 0.2) is 5.96 Å². The largest absolute Gasteiger partial charge is 0.497 e. The summed E-state index contributed by atoms with van der Waals surface area (Å²) in [6.07, 6.45) is 6.71. The molecule has 0 aliphatic carbocycles. The highest BCUT2D eigenvalue weighted by Gasteiger charge is 2.10. The first-order valence-electron chi connectivity index (χ1n) is 9.06. The fourth-order valence-corrected chi connectivity index (χ4v) is 2.92. The molecule has 2 aromatic rings. The highest BCUT2D eigenvalue weighted by molar-refractivity contribution is 14.0. The van der Waals surface area contributed by atoms with Crippen molar-refractivity contribution in [3.63, 3.8) is 0 Å². The van der Waals surface area contributed by atoms with Crippen molar-refractivity contribution in [2.75, 3.05) is 20.2 Å². The van der Waals surface area contributed by atoms with Gasteiger partial charge >= 0.3 is 0 Å². The zero-order valence-electron chi connectivity index (χ0n) is 15.6. The predicted molar refractivity (Wildman–Crippen MR) is 118 cm³/mol. The van der Waals surface area contributed by atoms with Crippen molar-refractivity contribution >= 4 is 29.9 Å². The Kier molecular flexibility index (Phi) is 8.63. The van der Waals surface area contributed by atoms with E-state index in [2.05, 4.69) is 14.9 Å². The average Bonchev–Trinajstić information content (AvgIpc) is 2.97. The summed E-state index contributed by atoms with van der Waals surface area (Å²) in [5, 5.41) is 0. The molecule has 146 valence electrons. The van der Waals surface area contributed by atoms with E-state index in [4.69, 9.17) is 15.2 Å². The molecule has 0 unspecified atom stereocenters. The highest BCUT2D eigenvalue weighted by Crippen LogP contribution is 2.23. The quantitative estimate of drug-likeness (QED) is 0.393. The summed E-state index contributed by atoms with van der Waals surface area (Å²) in [5.41, 5.74) is 7.14. The van der Waals surface area contributed by atoms with Crippen molar-refractivity contribution in [1.82, 2.24) is 9.88 Å². The van der Waals surface area contributed by atoms with Gasteiger partial charge in [-0.2, -0.15) is 0 Å². The third-order valence-corrected chi connectivity index (χ3v) is 4.41. The zero-order valence-corrected chi connectivity index (χ0v) is 18.0. The number of methoxy groups -OCH3 is 1. The molecule has 2 N–H and O–H groups in total. The Morgan fingerprint density at radius 3 is 2.52 bits per heavy atom. The first-order valence-corrected chi connectivity index (χ1v) is 9.06. The van der Waals surface area contributed by atoms with Crippen LogP contribution in [-0.2, 0) is 6.54 Å². The maximum atomic E-state index is 6.14. The number of hydrogen-bond donors (Lipinski definition) is 1. The van der Waals surface area contributed by atoms with Crippen LogP contribution in [0.25, 0.3) is 0 Å². The maximum absolute atomic E-state index is 6.14. The molecule has 1 aromatic heterocycles. The van der Waals surface area contributed by atoms with E-state index in [9.17, 15) is 0 Å². The van der Waals surface area contributed by atoms with Crippen LogP contribution in [0.5, 0.6) is 17.4 Å². The molecule has 0 spiro atoms. The van der Waals surface area contributed by atoms with Gasteiger partial charge in [-0.05, 0) is 30.5 Å². The van der Waals surface area contributed by atoms with E-state index in [-0.39, 0.29) is 24.0 Å². The van der Waals surface area contributed by atoms with Crippen molar-refractivity contribution in [2.45, 2.75) is 32.2 Å². The van der Waals surface area contributed by atoms with Gasteiger partial charge in [0.25, 0.3) is 0 Å². The van der Waals surface area contributed by atoms with Crippen molar-refractivity contribution in [1.29, 1.82) is 0 Å². The fraction of sp³-hybridized carbons (Fsp3) is 0.400. The molecule has 1 aromatic carbocycles. The highest BCUT2D eigenvalue weighted by atomic mass is 127. The van der Waals surface area contributed by atoms with Crippen LogP contribution in [0.4, 0.5) is 0 Å². The summed E-state index contributed by atoms with van der Waals surface area (Å²) in [6.45, 7) is 2.52. The van der Waals surface area contributed by atoms with E-state index < -0.39 is 0 Å². The van der Waals surface area contributed by atoms with Gasteiger partial charge in [-0.15, -0.1) is 24.0 Å². The van der Waals surface area contributed by atoms with Crippen LogP contribution < -0.4 is 15.2 Å². The second kappa shape index (κ2) is 11.0. The van der Waals surface area contributed by atoms with Crippen LogP contribution in [0.15, 0.2) is 47.6 Å². The molecule has 1 fully saturated rings. The number of guanidine groups is 1. The standard InChI is InChI=1S/C20H26N4O2.HI/c1-25-17-7-6-8-18(13-17)26-19-10-9-16(14-22-19)15-23-20(21)24-11-4-2-3-5-12-24;/h6-10,13-14H,2-5,11-12,15H2,1H3,(H2,21,23);1H. The lowest BCUT2D eigenvalue weighted by Gasteiger charge is -2.21. The first-order chi connectivity index (χ1) is 12.7. The lowest BCUT2D eigenvalue weighted by atomic mass is 10.2. The van der Waals surface area contributed by atoms with Gasteiger partial charge in [-0.1, -0.05) is 25.0 Å². The van der Waals surface area contributed by atoms with E-state index >= 15 is 0 Å². The summed E-state index contributed by atoms with van der Waals surface area (Å²) < 4.78 is 10.9. The van der Waals surface area contributed by atoms with E-state index in [1.165, 1.54) is 25.7 Å². The number of benzene rings is 1. The Bertz CT molecular complexity index is 729. The Hall–Kier alpha value is -2.03. The minimum atomic E-state index is 0. The number of aromatic nitrogens is 1. The molecule has 1 aliphatic rings. The summed E-state index contributed by atoms with van der Waals surface area (Å²) >= 11 is 0. The predicted octanol–water partition coefficient (Wildman–Crippen LogP) is 4.19. The Morgan fingerprint density at radius 1 is 1.11 bits per heavy atom. The second-order valence-corrected chi connectivity index (χ2v) is 6.36. The topological polar surface area (TPSA) is 73.0 Å². The van der Waals surface area contributed by atoms with Crippen LogP contribution in [0, 0.1) is 0 Å². The smallest absolute Gasteiger partial charge is 0.219 e. The molecule has 0 bridgehead atoms. The van der Waals surface area contributed by atoms with Crippen LogP contribution in [0.1, 0.15) is 31.2 Å². The first kappa shape index (κ1) is 21.3. The maximum Gasteiger partial charge on any atom is 0.219 e. The summed E-state index contributed by atoms with van der Waals surface area (Å²) in [4.78, 5) is 11.0. The summed E-state index contributed by atoms with van der Waals surface area (Å²) in [6, 6.07) is 11.2. The molecule has 0 atom stereocenters. The Labute approximate surface area is 177 Å². The van der Waals surface area contributed by atoms with Gasteiger partial charge in [0.05, 0.1) is 13.7 Å². The Balaban J connectivity index is 0.00000261. The van der Waals surface area contributed by atoms with Gasteiger partial charge in [0.1, 0.15) is 11.5 Å². The third kappa shape index (κ3) is 6.57. The molecular formula is C20H27IN4O2. The average molecular weight is 482 g/mol. The van der Waals surface area contributed by atoms with Gasteiger partial charge in [-0.3, -0.25) is 0 Å². The molecule has 6 nitrogen and oxygen atoms in total. The van der Waals surface area contributed by atoms with Crippen molar-refractivity contribution < 1.29 is 9.47 Å². The van der Waals surface area contributed by atoms with E-state index in [0.717, 1.165) is 24.4 Å². The molecule has 1 aliphatic heterocycles. The molecule has 27 heavy (non-hydrogen) atoms. The number of nitrogens with zero attached hydrogens (tertiary/aromatic N) is 3. The zero-order chi connectivity index (χ0) is 18.2. The van der Waals surface area contributed by atoms with Gasteiger partial charge in [0, 0.05) is 31.4 Å². The number of rotatable bonds is 5. The number of nitrogens with two attached hydrogens (primary N) is 1. The van der Waals surface area contributed by atoms with E-state index in [1.807, 2.05) is 36.4 Å². The normalized spacial score (nSPS) is 14.9. The van der Waals surface area contributed by atoms with Crippen LogP contribution in [-0.4, -0.2) is 36.0 Å². The molecule has 0 saturated carbocycles. The lowest BCUT2D eigenvalue weighted by Crippen LogP contribution is -2.38. The van der Waals surface area contributed by atoms with Crippen LogP contribution in [0.2, 0.25) is 0 Å². The molecule has 7 heteroatoms. The van der Waals surface area contributed by atoms with Crippen molar-refractivity contribution in [3.8, 4) is 17.4 Å². The molecule has 0 amide bonds. The number of ether oxygens (including phenoxy) is 2. The molecular weight excluding hydrogens is 455 g/mol. The van der Waals surface area contributed by atoms with Gasteiger partial charge < -0.3 is 20.1 Å². The van der Waals surface area contributed by atoms with Crippen molar-refractivity contribution in [3.05, 3.63) is 48.2 Å². The van der Waals surface area contributed by atoms with Crippen LogP contribution >= 0.6 is 24.0 Å². The second-order valence-electron chi connectivity index (χ2n) is 6.36. The van der Waals surface area contributed by atoms with Crippen molar-refractivity contribution in [2.24, 2.45) is 10.7 Å². The van der Waals surface area contributed by atoms with Gasteiger partial charge in [-0.25, -0.2) is 9.98 Å². The third-order valence-electron chi connectivity index (χ3n) is 4.41. The number of pyridine rings is 1. The van der Waals surface area contributed by atoms with Gasteiger partial charge in [0.2, 0.25) is 5.88 Å². The van der Waals surface area contributed by atoms with E-state index in [1.54, 1.807) is 13.3 Å². The SMILES string of the molecule is COc1cccc(Oc2ccc(CN=C(N)N3CCCCCC3)cn2)c1.I. The molecule has 3 rings (SSSR count). The summed E-state index contributed by atoms with van der Waals surface area (Å²) in [7, 11) is 1.63. The van der Waals surface area contributed by atoms with E-state index in [0.29, 0.717) is 24.1 Å². The fourth-order valence-electron chi connectivity index (χ4n) is 2.92. The minimum absolute atomic E-state index is 0. The number of likely N-dealkylation sites (tertiary alicyclic amines) is 1. The molecule has 2 heterocycles.